The summed E-state index contributed by atoms with van der Waals surface area (Å²) < 4.78 is 13.5. The summed E-state index contributed by atoms with van der Waals surface area (Å²) in [5.41, 5.74) is 1.81. The van der Waals surface area contributed by atoms with Crippen LogP contribution < -0.4 is 10.6 Å². The standard InChI is InChI=1S/C19H25FN4S.HI/c1-2-21-19(23-12-10-17-8-5-6-11-22-17)24-13-14-25-15-16-7-3-4-9-18(16)20;/h3-9,11H,2,10,12-15H2,1H3,(H2,21,23,24);1H. The maximum absolute atomic E-state index is 13.5. The molecule has 0 bridgehead atoms. The first-order chi connectivity index (χ1) is 12.3. The van der Waals surface area contributed by atoms with Crippen LogP contribution in [-0.2, 0) is 12.2 Å². The van der Waals surface area contributed by atoms with Crippen molar-refractivity contribution in [2.45, 2.75) is 19.1 Å². The van der Waals surface area contributed by atoms with Crippen molar-refractivity contribution >= 4 is 41.7 Å². The van der Waals surface area contributed by atoms with Crippen LogP contribution in [0.4, 0.5) is 4.39 Å². The zero-order chi connectivity index (χ0) is 17.7. The molecule has 0 aliphatic heterocycles. The third-order valence-electron chi connectivity index (χ3n) is 3.46. The van der Waals surface area contributed by atoms with Crippen LogP contribution in [0.5, 0.6) is 0 Å². The summed E-state index contributed by atoms with van der Waals surface area (Å²) in [6, 6.07) is 12.8. The van der Waals surface area contributed by atoms with E-state index in [1.807, 2.05) is 37.3 Å². The Morgan fingerprint density at radius 3 is 2.69 bits per heavy atom. The van der Waals surface area contributed by atoms with E-state index < -0.39 is 0 Å². The predicted molar refractivity (Wildman–Crippen MR) is 120 cm³/mol. The van der Waals surface area contributed by atoms with E-state index in [9.17, 15) is 4.39 Å². The van der Waals surface area contributed by atoms with Gasteiger partial charge in [-0.25, -0.2) is 4.39 Å². The quantitative estimate of drug-likeness (QED) is 0.244. The number of benzene rings is 1. The Morgan fingerprint density at radius 1 is 1.15 bits per heavy atom. The van der Waals surface area contributed by atoms with E-state index in [0.29, 0.717) is 12.3 Å². The van der Waals surface area contributed by atoms with E-state index in [1.165, 1.54) is 6.07 Å². The molecule has 1 aromatic heterocycles. The van der Waals surface area contributed by atoms with Crippen molar-refractivity contribution in [1.29, 1.82) is 0 Å². The van der Waals surface area contributed by atoms with E-state index in [2.05, 4.69) is 20.6 Å². The Hall–Kier alpha value is -1.35. The summed E-state index contributed by atoms with van der Waals surface area (Å²) in [7, 11) is 0. The van der Waals surface area contributed by atoms with Crippen LogP contribution in [0.15, 0.2) is 53.7 Å². The molecule has 2 rings (SSSR count). The summed E-state index contributed by atoms with van der Waals surface area (Å²) in [5, 5.41) is 6.55. The van der Waals surface area contributed by atoms with Crippen molar-refractivity contribution in [2.24, 2.45) is 4.99 Å². The lowest BCUT2D eigenvalue weighted by atomic mass is 10.2. The molecule has 0 radical (unpaired) electrons. The highest BCUT2D eigenvalue weighted by molar-refractivity contribution is 14.0. The van der Waals surface area contributed by atoms with Crippen molar-refractivity contribution in [1.82, 2.24) is 15.6 Å². The number of nitrogens with one attached hydrogen (secondary N) is 2. The minimum atomic E-state index is -0.136. The zero-order valence-electron chi connectivity index (χ0n) is 15.0. The lowest BCUT2D eigenvalue weighted by Crippen LogP contribution is -2.38. The Bertz CT molecular complexity index is 655. The van der Waals surface area contributed by atoms with Gasteiger partial charge in [0.25, 0.3) is 0 Å². The first-order valence-electron chi connectivity index (χ1n) is 8.53. The van der Waals surface area contributed by atoms with Gasteiger partial charge in [-0.3, -0.25) is 9.98 Å². The van der Waals surface area contributed by atoms with Gasteiger partial charge in [-0.15, -0.1) is 24.0 Å². The number of guanidine groups is 1. The van der Waals surface area contributed by atoms with Crippen LogP contribution in [0.3, 0.4) is 0 Å². The first kappa shape index (κ1) is 22.7. The van der Waals surface area contributed by atoms with Gasteiger partial charge in [0.05, 0.1) is 6.54 Å². The van der Waals surface area contributed by atoms with Gasteiger partial charge in [-0.1, -0.05) is 24.3 Å². The second kappa shape index (κ2) is 13.8. The van der Waals surface area contributed by atoms with Crippen molar-refractivity contribution < 1.29 is 4.39 Å². The van der Waals surface area contributed by atoms with Gasteiger partial charge in [0.1, 0.15) is 5.82 Å². The topological polar surface area (TPSA) is 49.3 Å². The van der Waals surface area contributed by atoms with Crippen molar-refractivity contribution in [3.8, 4) is 0 Å². The Morgan fingerprint density at radius 2 is 1.96 bits per heavy atom. The number of hydrogen-bond donors (Lipinski definition) is 2. The average molecular weight is 488 g/mol. The van der Waals surface area contributed by atoms with E-state index >= 15 is 0 Å². The number of aliphatic imine (C=N–C) groups is 1. The van der Waals surface area contributed by atoms with E-state index in [-0.39, 0.29) is 29.8 Å². The fourth-order valence-electron chi connectivity index (χ4n) is 2.22. The molecule has 26 heavy (non-hydrogen) atoms. The molecule has 2 aromatic rings. The Labute approximate surface area is 176 Å². The molecule has 1 heterocycles. The molecule has 0 spiro atoms. The molecule has 1 aromatic carbocycles. The molecule has 0 aliphatic rings. The van der Waals surface area contributed by atoms with Crippen molar-refractivity contribution in [3.63, 3.8) is 0 Å². The van der Waals surface area contributed by atoms with E-state index in [4.69, 9.17) is 0 Å². The SMILES string of the molecule is CCNC(=NCCSCc1ccccc1F)NCCc1ccccn1.I. The van der Waals surface area contributed by atoms with Gasteiger partial charge in [0.15, 0.2) is 5.96 Å². The number of aromatic nitrogens is 1. The minimum absolute atomic E-state index is 0. The molecule has 4 nitrogen and oxygen atoms in total. The zero-order valence-corrected chi connectivity index (χ0v) is 18.1. The molecule has 0 fully saturated rings. The Kier molecular flexibility index (Phi) is 12.0. The number of pyridine rings is 1. The van der Waals surface area contributed by atoms with Crippen LogP contribution in [0.1, 0.15) is 18.2 Å². The fraction of sp³-hybridized carbons (Fsp3) is 0.368. The molecule has 142 valence electrons. The first-order valence-corrected chi connectivity index (χ1v) is 9.68. The lowest BCUT2D eigenvalue weighted by molar-refractivity contribution is 0.617. The normalized spacial score (nSPS) is 10.9. The van der Waals surface area contributed by atoms with Crippen LogP contribution in [0.2, 0.25) is 0 Å². The molecule has 7 heteroatoms. The van der Waals surface area contributed by atoms with Crippen LogP contribution in [0, 0.1) is 5.82 Å². The minimum Gasteiger partial charge on any atom is -0.357 e. The van der Waals surface area contributed by atoms with Crippen LogP contribution >= 0.6 is 35.7 Å². The molecule has 0 aliphatic carbocycles. The summed E-state index contributed by atoms with van der Waals surface area (Å²) in [4.78, 5) is 8.87. The number of halogens is 2. The predicted octanol–water partition coefficient (Wildman–Crippen LogP) is 3.87. The van der Waals surface area contributed by atoms with Gasteiger partial charge in [-0.2, -0.15) is 11.8 Å². The number of nitrogens with zero attached hydrogens (tertiary/aromatic N) is 2. The largest absolute Gasteiger partial charge is 0.357 e. The van der Waals surface area contributed by atoms with Crippen LogP contribution in [0.25, 0.3) is 0 Å². The third-order valence-corrected chi connectivity index (χ3v) is 4.45. The third kappa shape index (κ3) is 8.84. The summed E-state index contributed by atoms with van der Waals surface area (Å²) >= 11 is 1.69. The average Bonchev–Trinajstić information content (AvgIpc) is 2.64. The van der Waals surface area contributed by atoms with Gasteiger partial charge in [-0.05, 0) is 30.7 Å². The maximum Gasteiger partial charge on any atom is 0.191 e. The molecule has 0 saturated heterocycles. The second-order valence-electron chi connectivity index (χ2n) is 5.40. The fourth-order valence-corrected chi connectivity index (χ4v) is 3.04. The second-order valence-corrected chi connectivity index (χ2v) is 6.51. The highest BCUT2D eigenvalue weighted by Gasteiger charge is 2.01. The molecular weight excluding hydrogens is 462 g/mol. The summed E-state index contributed by atoms with van der Waals surface area (Å²) in [6.45, 7) is 4.34. The van der Waals surface area contributed by atoms with E-state index in [1.54, 1.807) is 24.0 Å². The molecule has 0 atom stereocenters. The maximum atomic E-state index is 13.5. The molecule has 0 unspecified atom stereocenters. The number of rotatable bonds is 9. The Balaban J connectivity index is 0.00000338. The molecule has 2 N–H and O–H groups in total. The molecule has 0 saturated carbocycles. The molecule has 0 amide bonds. The number of thioether (sulfide) groups is 1. The highest BCUT2D eigenvalue weighted by Crippen LogP contribution is 2.14. The number of hydrogen-bond acceptors (Lipinski definition) is 3. The van der Waals surface area contributed by atoms with Crippen molar-refractivity contribution in [3.05, 3.63) is 65.7 Å². The monoisotopic (exact) mass is 488 g/mol. The van der Waals surface area contributed by atoms with Crippen LogP contribution in [-0.4, -0.2) is 36.3 Å². The molecular formula is C19H26FIN4S. The van der Waals surface area contributed by atoms with Gasteiger partial charge in [0, 0.05) is 42.9 Å². The van der Waals surface area contributed by atoms with Gasteiger partial charge >= 0.3 is 0 Å². The van der Waals surface area contributed by atoms with Gasteiger partial charge in [0.2, 0.25) is 0 Å². The lowest BCUT2D eigenvalue weighted by Gasteiger charge is -2.11. The van der Waals surface area contributed by atoms with Gasteiger partial charge < -0.3 is 10.6 Å². The van der Waals surface area contributed by atoms with Crippen molar-refractivity contribution in [2.75, 3.05) is 25.4 Å². The highest BCUT2D eigenvalue weighted by atomic mass is 127. The summed E-state index contributed by atoms with van der Waals surface area (Å²) in [6.07, 6.45) is 2.66. The van der Waals surface area contributed by atoms with E-state index in [0.717, 1.165) is 42.5 Å². The summed E-state index contributed by atoms with van der Waals surface area (Å²) in [5.74, 6) is 2.20. The smallest absolute Gasteiger partial charge is 0.191 e.